The predicted molar refractivity (Wildman–Crippen MR) is 80.9 cm³/mol. The third kappa shape index (κ3) is 7.08. The van der Waals surface area contributed by atoms with Gasteiger partial charge in [-0.1, -0.05) is 0 Å². The van der Waals surface area contributed by atoms with E-state index in [4.69, 9.17) is 35.0 Å². The van der Waals surface area contributed by atoms with Crippen molar-refractivity contribution in [2.75, 3.05) is 13.2 Å². The van der Waals surface area contributed by atoms with E-state index in [0.29, 0.717) is 19.3 Å². The Balaban J connectivity index is 0.000000243. The van der Waals surface area contributed by atoms with Crippen LogP contribution in [-0.4, -0.2) is 92.5 Å². The lowest BCUT2D eigenvalue weighted by Crippen LogP contribution is -2.49. The van der Waals surface area contributed by atoms with Gasteiger partial charge in [-0.15, -0.1) is 0 Å². The van der Waals surface area contributed by atoms with Crippen LogP contribution in [0.5, 0.6) is 0 Å². The van der Waals surface area contributed by atoms with E-state index >= 15 is 0 Å². The van der Waals surface area contributed by atoms with Gasteiger partial charge in [0.15, 0.2) is 6.29 Å². The highest BCUT2D eigenvalue weighted by atomic mass is 16.6. The van der Waals surface area contributed by atoms with Crippen molar-refractivity contribution in [1.29, 1.82) is 0 Å². The molecule has 0 spiro atoms. The Morgan fingerprint density at radius 3 is 2.12 bits per heavy atom. The van der Waals surface area contributed by atoms with E-state index < -0.39 is 37.3 Å². The molecular formula is C15H28O9. The van der Waals surface area contributed by atoms with E-state index in [1.54, 1.807) is 0 Å². The number of aliphatic hydroxyl groups excluding tert-OH is 6. The van der Waals surface area contributed by atoms with Crippen molar-refractivity contribution in [3.8, 4) is 0 Å². The largest absolute Gasteiger partial charge is 0.394 e. The zero-order valence-electron chi connectivity index (χ0n) is 13.7. The molecule has 24 heavy (non-hydrogen) atoms. The molecule has 0 aromatic carbocycles. The van der Waals surface area contributed by atoms with Crippen LogP contribution in [0, 0.1) is 0 Å². The first kappa shape index (κ1) is 21.4. The van der Waals surface area contributed by atoms with Crippen molar-refractivity contribution < 1.29 is 44.9 Å². The summed E-state index contributed by atoms with van der Waals surface area (Å²) in [5.41, 5.74) is 0. The van der Waals surface area contributed by atoms with Gasteiger partial charge in [-0.25, -0.2) is 0 Å². The Morgan fingerprint density at radius 2 is 1.58 bits per heavy atom. The SMILES string of the molecule is CC(=O)C[C@@H]1CC(O)CC(CO)O1.OCC1OC(O)CC(O)C1O. The summed E-state index contributed by atoms with van der Waals surface area (Å²) in [7, 11) is 0. The zero-order valence-corrected chi connectivity index (χ0v) is 13.7. The molecule has 6 unspecified atom stereocenters. The molecule has 142 valence electrons. The summed E-state index contributed by atoms with van der Waals surface area (Å²) in [6, 6.07) is 0. The molecule has 2 aliphatic heterocycles. The monoisotopic (exact) mass is 352 g/mol. The number of ether oxygens (including phenoxy) is 2. The molecule has 7 atom stereocenters. The quantitative estimate of drug-likeness (QED) is 0.327. The molecule has 2 aliphatic rings. The second kappa shape index (κ2) is 10.4. The third-order valence-corrected chi connectivity index (χ3v) is 3.90. The minimum Gasteiger partial charge on any atom is -0.394 e. The molecule has 0 amide bonds. The maximum Gasteiger partial charge on any atom is 0.157 e. The second-order valence-corrected chi connectivity index (χ2v) is 6.20. The lowest BCUT2D eigenvalue weighted by atomic mass is 9.98. The third-order valence-electron chi connectivity index (χ3n) is 3.90. The van der Waals surface area contributed by atoms with Crippen molar-refractivity contribution >= 4 is 5.78 Å². The van der Waals surface area contributed by atoms with Gasteiger partial charge in [0.25, 0.3) is 0 Å². The molecule has 2 fully saturated rings. The van der Waals surface area contributed by atoms with Gasteiger partial charge in [0, 0.05) is 25.7 Å². The Kier molecular flexibility index (Phi) is 9.24. The van der Waals surface area contributed by atoms with E-state index in [2.05, 4.69) is 0 Å². The molecule has 2 heterocycles. The number of carbonyl (C=O) groups excluding carboxylic acids is 1. The lowest BCUT2D eigenvalue weighted by molar-refractivity contribution is -0.239. The number of carbonyl (C=O) groups is 1. The number of Topliss-reactive ketones (excluding diaryl/α,β-unsaturated/α-hetero) is 1. The number of hydrogen-bond acceptors (Lipinski definition) is 9. The van der Waals surface area contributed by atoms with E-state index in [1.807, 2.05) is 0 Å². The first-order chi connectivity index (χ1) is 11.3. The first-order valence-electron chi connectivity index (χ1n) is 8.01. The average molecular weight is 352 g/mol. The summed E-state index contributed by atoms with van der Waals surface area (Å²) in [5, 5.41) is 53.9. The number of aliphatic hydroxyl groups is 6. The fourth-order valence-corrected chi connectivity index (χ4v) is 2.74. The van der Waals surface area contributed by atoms with Crippen molar-refractivity contribution in [2.45, 2.75) is 75.5 Å². The molecule has 0 aromatic rings. The van der Waals surface area contributed by atoms with E-state index in [0.717, 1.165) is 0 Å². The van der Waals surface area contributed by atoms with Crippen molar-refractivity contribution in [3.05, 3.63) is 0 Å². The van der Waals surface area contributed by atoms with Crippen LogP contribution in [0.2, 0.25) is 0 Å². The highest BCUT2D eigenvalue weighted by molar-refractivity contribution is 5.75. The molecule has 2 rings (SSSR count). The normalized spacial score (nSPS) is 39.7. The van der Waals surface area contributed by atoms with E-state index in [1.165, 1.54) is 6.92 Å². The lowest BCUT2D eigenvalue weighted by Gasteiger charge is -2.33. The van der Waals surface area contributed by atoms with Crippen LogP contribution in [0.1, 0.15) is 32.6 Å². The van der Waals surface area contributed by atoms with Gasteiger partial charge in [0.05, 0.1) is 37.6 Å². The first-order valence-corrected chi connectivity index (χ1v) is 8.01. The highest BCUT2D eigenvalue weighted by Gasteiger charge is 2.35. The zero-order chi connectivity index (χ0) is 18.3. The molecule has 9 nitrogen and oxygen atoms in total. The van der Waals surface area contributed by atoms with Gasteiger partial charge >= 0.3 is 0 Å². The van der Waals surface area contributed by atoms with Gasteiger partial charge in [-0.3, -0.25) is 4.79 Å². The molecule has 9 heteroatoms. The average Bonchev–Trinajstić information content (AvgIpc) is 2.50. The standard InChI is InChI=1S/C9H16O4.C6H12O5/c1-6(11)2-8-3-7(12)4-9(5-10)13-8;7-2-4-6(10)3(8)1-5(9)11-4/h7-10,12H,2-5H2,1H3;3-10H,1-2H2/t7?,8-,9?;/m1./s1. The predicted octanol–water partition coefficient (Wildman–Crippen LogP) is -2.33. The number of ketones is 1. The molecule has 0 bridgehead atoms. The maximum absolute atomic E-state index is 10.8. The van der Waals surface area contributed by atoms with Crippen molar-refractivity contribution in [2.24, 2.45) is 0 Å². The van der Waals surface area contributed by atoms with E-state index in [9.17, 15) is 9.90 Å². The van der Waals surface area contributed by atoms with Crippen LogP contribution in [0.25, 0.3) is 0 Å². The van der Waals surface area contributed by atoms with Crippen molar-refractivity contribution in [1.82, 2.24) is 0 Å². The Bertz CT molecular complexity index is 378. The molecule has 2 saturated heterocycles. The molecule has 0 radical (unpaired) electrons. The summed E-state index contributed by atoms with van der Waals surface area (Å²) in [6.45, 7) is 0.999. The Labute approximate surface area is 140 Å². The fraction of sp³-hybridized carbons (Fsp3) is 0.933. The van der Waals surface area contributed by atoms with Crippen LogP contribution in [-0.2, 0) is 14.3 Å². The Hall–Kier alpha value is -0.650. The summed E-state index contributed by atoms with van der Waals surface area (Å²) in [5.74, 6) is 0.0517. The summed E-state index contributed by atoms with van der Waals surface area (Å²) in [6.07, 6.45) is -3.81. The second-order valence-electron chi connectivity index (χ2n) is 6.20. The van der Waals surface area contributed by atoms with Gasteiger partial charge in [0.2, 0.25) is 0 Å². The van der Waals surface area contributed by atoms with Crippen molar-refractivity contribution in [3.63, 3.8) is 0 Å². The minimum atomic E-state index is -1.11. The van der Waals surface area contributed by atoms with Crippen LogP contribution < -0.4 is 0 Å². The number of hydrogen-bond donors (Lipinski definition) is 6. The molecule has 0 saturated carbocycles. The minimum absolute atomic E-state index is 0.0162. The molecule has 6 N–H and O–H groups in total. The maximum atomic E-state index is 10.8. The summed E-state index contributed by atoms with van der Waals surface area (Å²) >= 11 is 0. The van der Waals surface area contributed by atoms with Crippen LogP contribution in [0.15, 0.2) is 0 Å². The smallest absolute Gasteiger partial charge is 0.157 e. The van der Waals surface area contributed by atoms with Gasteiger partial charge in [0.1, 0.15) is 18.0 Å². The van der Waals surface area contributed by atoms with Crippen LogP contribution in [0.3, 0.4) is 0 Å². The molecule has 0 aromatic heterocycles. The summed E-state index contributed by atoms with van der Waals surface area (Å²) in [4.78, 5) is 10.8. The van der Waals surface area contributed by atoms with Gasteiger partial charge in [-0.05, 0) is 6.92 Å². The fourth-order valence-electron chi connectivity index (χ4n) is 2.74. The molecule has 0 aliphatic carbocycles. The summed E-state index contributed by atoms with van der Waals surface area (Å²) < 4.78 is 10.1. The Morgan fingerprint density at radius 1 is 0.958 bits per heavy atom. The van der Waals surface area contributed by atoms with Gasteiger partial charge in [-0.2, -0.15) is 0 Å². The van der Waals surface area contributed by atoms with Gasteiger partial charge < -0.3 is 40.1 Å². The highest BCUT2D eigenvalue weighted by Crippen LogP contribution is 2.21. The van der Waals surface area contributed by atoms with E-state index in [-0.39, 0.29) is 31.0 Å². The number of rotatable bonds is 4. The van der Waals surface area contributed by atoms with Crippen LogP contribution >= 0.6 is 0 Å². The molecular weight excluding hydrogens is 324 g/mol. The van der Waals surface area contributed by atoms with Crippen LogP contribution in [0.4, 0.5) is 0 Å². The topological polar surface area (TPSA) is 157 Å².